The van der Waals surface area contributed by atoms with Crippen molar-refractivity contribution >= 4 is 34.2 Å². The maximum absolute atomic E-state index is 13.6. The van der Waals surface area contributed by atoms with E-state index >= 15 is 0 Å². The minimum absolute atomic E-state index is 0.0277. The number of aryl methyl sites for hydroxylation is 1. The van der Waals surface area contributed by atoms with Gasteiger partial charge >= 0.3 is 0 Å². The molecule has 0 bridgehead atoms. The number of rotatable bonds is 2. The van der Waals surface area contributed by atoms with Crippen LogP contribution in [0.5, 0.6) is 0 Å². The Balaban J connectivity index is 1.45. The first-order valence-electron chi connectivity index (χ1n) is 11.6. The van der Waals surface area contributed by atoms with Crippen molar-refractivity contribution in [3.63, 3.8) is 0 Å². The minimum Gasteiger partial charge on any atom is -0.381 e. The summed E-state index contributed by atoms with van der Waals surface area (Å²) >= 11 is 6.14. The van der Waals surface area contributed by atoms with Gasteiger partial charge in [-0.3, -0.25) is 14.0 Å². The number of hydrogen-bond acceptors (Lipinski definition) is 5. The predicted molar refractivity (Wildman–Crippen MR) is 129 cm³/mol. The number of halogens is 1. The number of benzene rings is 2. The van der Waals surface area contributed by atoms with Crippen LogP contribution in [0.15, 0.2) is 35.1 Å². The summed E-state index contributed by atoms with van der Waals surface area (Å²) in [6.07, 6.45) is 2.42. The van der Waals surface area contributed by atoms with Gasteiger partial charge < -0.3 is 14.6 Å². The molecule has 9 heteroatoms. The summed E-state index contributed by atoms with van der Waals surface area (Å²) in [5.74, 6) is 0.875. The summed E-state index contributed by atoms with van der Waals surface area (Å²) in [5.41, 5.74) is 5.10. The Labute approximate surface area is 200 Å². The topological polar surface area (TPSA) is 92.6 Å². The average molecular weight is 478 g/mol. The standard InChI is InChI=1S/C25H24ClN5O3/c1-14-10-20-21(31-22(15-5-8-34-9-6-15)28-29-23(31)24(32)27-20)12-19(14)25(33)30-7-4-16-11-18(26)3-2-17(16)13-30/h2-3,10-12,15H,4-9,13H2,1H3,(H,27,32). The maximum Gasteiger partial charge on any atom is 0.294 e. The van der Waals surface area contributed by atoms with Crippen LogP contribution in [0.1, 0.15) is 51.6 Å². The van der Waals surface area contributed by atoms with Gasteiger partial charge in [-0.25, -0.2) is 0 Å². The first kappa shape index (κ1) is 21.3. The van der Waals surface area contributed by atoms with Crippen molar-refractivity contribution in [1.82, 2.24) is 24.5 Å². The second kappa shape index (κ2) is 8.21. The van der Waals surface area contributed by atoms with E-state index in [-0.39, 0.29) is 23.0 Å². The largest absolute Gasteiger partial charge is 0.381 e. The van der Waals surface area contributed by atoms with E-state index in [0.717, 1.165) is 46.8 Å². The van der Waals surface area contributed by atoms with Crippen LogP contribution in [0.25, 0.3) is 16.7 Å². The molecule has 0 aliphatic carbocycles. The third-order valence-corrected chi connectivity index (χ3v) is 7.24. The quantitative estimate of drug-likeness (QED) is 0.476. The van der Waals surface area contributed by atoms with Gasteiger partial charge in [-0.2, -0.15) is 0 Å². The lowest BCUT2D eigenvalue weighted by molar-refractivity contribution is 0.0734. The maximum atomic E-state index is 13.6. The van der Waals surface area contributed by atoms with Crippen LogP contribution < -0.4 is 5.56 Å². The summed E-state index contributed by atoms with van der Waals surface area (Å²) < 4.78 is 7.33. The number of carbonyl (C=O) groups is 1. The van der Waals surface area contributed by atoms with E-state index in [1.54, 1.807) is 0 Å². The average Bonchev–Trinajstić information content (AvgIpc) is 3.30. The molecule has 1 amide bonds. The number of aromatic nitrogens is 4. The molecule has 1 N–H and O–H groups in total. The molecule has 0 atom stereocenters. The first-order chi connectivity index (χ1) is 16.5. The van der Waals surface area contributed by atoms with Gasteiger partial charge in [0.25, 0.3) is 11.5 Å². The van der Waals surface area contributed by atoms with Crippen molar-refractivity contribution in [3.05, 3.63) is 73.8 Å². The third-order valence-electron chi connectivity index (χ3n) is 7.01. The molecule has 34 heavy (non-hydrogen) atoms. The lowest BCUT2D eigenvalue weighted by Gasteiger charge is -2.29. The fraction of sp³-hybridized carbons (Fsp3) is 0.360. The molecule has 0 spiro atoms. The highest BCUT2D eigenvalue weighted by atomic mass is 35.5. The number of H-pyrrole nitrogens is 1. The molecular formula is C25H24ClN5O3. The highest BCUT2D eigenvalue weighted by Crippen LogP contribution is 2.29. The number of fused-ring (bicyclic) bond motifs is 4. The highest BCUT2D eigenvalue weighted by molar-refractivity contribution is 6.30. The first-order valence-corrected chi connectivity index (χ1v) is 11.9. The van der Waals surface area contributed by atoms with Crippen molar-refractivity contribution in [2.24, 2.45) is 0 Å². The van der Waals surface area contributed by atoms with Crippen LogP contribution in [0.4, 0.5) is 0 Å². The van der Waals surface area contributed by atoms with Gasteiger partial charge in [0.15, 0.2) is 0 Å². The molecular weight excluding hydrogens is 454 g/mol. The fourth-order valence-electron chi connectivity index (χ4n) is 5.16. The molecule has 8 nitrogen and oxygen atoms in total. The van der Waals surface area contributed by atoms with E-state index in [2.05, 4.69) is 15.2 Å². The highest BCUT2D eigenvalue weighted by Gasteiger charge is 2.26. The Hall–Kier alpha value is -3.23. The molecule has 174 valence electrons. The molecule has 2 aliphatic heterocycles. The molecule has 4 aromatic rings. The number of aromatic amines is 1. The summed E-state index contributed by atoms with van der Waals surface area (Å²) in [6.45, 7) is 4.39. The monoisotopic (exact) mass is 477 g/mol. The number of ether oxygens (including phenoxy) is 1. The normalized spacial score (nSPS) is 16.8. The van der Waals surface area contributed by atoms with Crippen LogP contribution in [0.3, 0.4) is 0 Å². The second-order valence-electron chi connectivity index (χ2n) is 9.13. The van der Waals surface area contributed by atoms with E-state index in [1.165, 1.54) is 5.56 Å². The second-order valence-corrected chi connectivity index (χ2v) is 9.57. The summed E-state index contributed by atoms with van der Waals surface area (Å²) in [5, 5.41) is 9.28. The summed E-state index contributed by atoms with van der Waals surface area (Å²) in [4.78, 5) is 31.1. The van der Waals surface area contributed by atoms with Crippen molar-refractivity contribution in [1.29, 1.82) is 0 Å². The molecule has 2 aliphatic rings. The lowest BCUT2D eigenvalue weighted by atomic mass is 9.98. The number of nitrogens with zero attached hydrogens (tertiary/aromatic N) is 4. The SMILES string of the molecule is Cc1cc2[nH]c(=O)c3nnc(C4CCOCC4)n3c2cc1C(=O)N1CCc2cc(Cl)ccc2C1. The molecule has 0 saturated carbocycles. The van der Waals surface area contributed by atoms with E-state index in [1.807, 2.05) is 46.6 Å². The van der Waals surface area contributed by atoms with Gasteiger partial charge in [0.2, 0.25) is 5.65 Å². The Morgan fingerprint density at radius 1 is 1.15 bits per heavy atom. The van der Waals surface area contributed by atoms with Crippen LogP contribution in [0, 0.1) is 6.92 Å². The predicted octanol–water partition coefficient (Wildman–Crippen LogP) is 3.63. The smallest absolute Gasteiger partial charge is 0.294 e. The van der Waals surface area contributed by atoms with Crippen LogP contribution >= 0.6 is 11.6 Å². The van der Waals surface area contributed by atoms with Crippen molar-refractivity contribution in [3.8, 4) is 0 Å². The van der Waals surface area contributed by atoms with Crippen LogP contribution in [-0.4, -0.2) is 50.1 Å². The van der Waals surface area contributed by atoms with Gasteiger partial charge in [0, 0.05) is 42.8 Å². The summed E-state index contributed by atoms with van der Waals surface area (Å²) in [6, 6.07) is 9.59. The molecule has 0 unspecified atom stereocenters. The van der Waals surface area contributed by atoms with Crippen molar-refractivity contribution in [2.45, 2.75) is 38.6 Å². The van der Waals surface area contributed by atoms with Gasteiger partial charge in [-0.15, -0.1) is 10.2 Å². The van der Waals surface area contributed by atoms with E-state index < -0.39 is 0 Å². The number of amides is 1. The molecule has 2 aromatic carbocycles. The Bertz CT molecular complexity index is 1500. The Kier molecular flexibility index (Phi) is 5.15. The molecule has 6 rings (SSSR count). The van der Waals surface area contributed by atoms with Gasteiger partial charge in [0.1, 0.15) is 5.82 Å². The summed E-state index contributed by atoms with van der Waals surface area (Å²) in [7, 11) is 0. The molecule has 4 heterocycles. The third kappa shape index (κ3) is 3.49. The fourth-order valence-corrected chi connectivity index (χ4v) is 5.35. The number of hydrogen-bond donors (Lipinski definition) is 1. The van der Waals surface area contributed by atoms with Gasteiger partial charge in [-0.05, 0) is 67.1 Å². The molecule has 1 saturated heterocycles. The molecule has 2 aromatic heterocycles. The van der Waals surface area contributed by atoms with Crippen molar-refractivity contribution in [2.75, 3.05) is 19.8 Å². The molecule has 0 radical (unpaired) electrons. The zero-order chi connectivity index (χ0) is 23.4. The lowest BCUT2D eigenvalue weighted by Crippen LogP contribution is -2.36. The minimum atomic E-state index is -0.289. The van der Waals surface area contributed by atoms with Crippen LogP contribution in [-0.2, 0) is 17.7 Å². The van der Waals surface area contributed by atoms with E-state index in [0.29, 0.717) is 37.4 Å². The zero-order valence-corrected chi connectivity index (χ0v) is 19.6. The van der Waals surface area contributed by atoms with Crippen molar-refractivity contribution < 1.29 is 9.53 Å². The van der Waals surface area contributed by atoms with E-state index in [9.17, 15) is 9.59 Å². The Morgan fingerprint density at radius 3 is 2.79 bits per heavy atom. The number of nitrogens with one attached hydrogen (secondary N) is 1. The van der Waals surface area contributed by atoms with Gasteiger partial charge in [0.05, 0.1) is 11.0 Å². The van der Waals surface area contributed by atoms with Crippen LogP contribution in [0.2, 0.25) is 5.02 Å². The van der Waals surface area contributed by atoms with E-state index in [4.69, 9.17) is 16.3 Å². The zero-order valence-electron chi connectivity index (χ0n) is 18.8. The Morgan fingerprint density at radius 2 is 1.97 bits per heavy atom. The number of carbonyl (C=O) groups excluding carboxylic acids is 1. The molecule has 1 fully saturated rings. The van der Waals surface area contributed by atoms with Gasteiger partial charge in [-0.1, -0.05) is 17.7 Å².